The molecule has 3 aliphatic rings. The zero-order valence-electron chi connectivity index (χ0n) is 21.3. The summed E-state index contributed by atoms with van der Waals surface area (Å²) in [4.78, 5) is 4.37. The number of benzene rings is 2. The van der Waals surface area contributed by atoms with Gasteiger partial charge in [-0.1, -0.05) is 6.08 Å². The van der Waals surface area contributed by atoms with E-state index in [4.69, 9.17) is 4.74 Å². The summed E-state index contributed by atoms with van der Waals surface area (Å²) in [7, 11) is 1.53. The van der Waals surface area contributed by atoms with Gasteiger partial charge in [-0.25, -0.2) is 0 Å². The molecule has 3 saturated heterocycles. The summed E-state index contributed by atoms with van der Waals surface area (Å²) in [6.07, 6.45) is -6.16. The first kappa shape index (κ1) is 27.5. The number of nitrogens with zero attached hydrogens (tertiary/aromatic N) is 2. The number of hydrogen-bond acceptors (Lipinski definition) is 3. The van der Waals surface area contributed by atoms with Crippen molar-refractivity contribution in [3.63, 3.8) is 0 Å². The number of aliphatic hydroxyl groups excluding tert-OH is 1. The van der Waals surface area contributed by atoms with Crippen molar-refractivity contribution in [1.82, 2.24) is 4.98 Å². The van der Waals surface area contributed by atoms with Crippen molar-refractivity contribution in [2.24, 2.45) is 11.8 Å². The maximum absolute atomic E-state index is 13.6. The minimum atomic E-state index is -4.93. The summed E-state index contributed by atoms with van der Waals surface area (Å²) >= 11 is 0. The average molecular weight is 552 g/mol. The number of rotatable bonds is 6. The lowest BCUT2D eigenvalue weighted by atomic mass is 9.71. The Balaban J connectivity index is 1.60. The van der Waals surface area contributed by atoms with Gasteiger partial charge < -0.3 is 14.3 Å². The maximum atomic E-state index is 13.6. The summed E-state index contributed by atoms with van der Waals surface area (Å²) in [5, 5.41) is 12.5. The number of pyridine rings is 1. The first-order valence-corrected chi connectivity index (χ1v) is 12.7. The number of hydrogen-bond donors (Lipinski definition) is 1. The molecular weight excluding hydrogens is 522 g/mol. The molecule has 4 heterocycles. The minimum Gasteiger partial charge on any atom is -0.497 e. The first-order valence-electron chi connectivity index (χ1n) is 12.7. The van der Waals surface area contributed by atoms with Crippen LogP contribution < -0.4 is 4.74 Å². The Morgan fingerprint density at radius 2 is 1.77 bits per heavy atom. The lowest BCUT2D eigenvalue weighted by Crippen LogP contribution is -2.67. The van der Waals surface area contributed by atoms with Gasteiger partial charge in [0.15, 0.2) is 0 Å². The molecule has 3 aliphatic heterocycles. The Morgan fingerprint density at radius 1 is 1.08 bits per heavy atom. The molecule has 1 aromatic heterocycles. The average Bonchev–Trinajstić information content (AvgIpc) is 2.90. The van der Waals surface area contributed by atoms with E-state index >= 15 is 0 Å². The van der Waals surface area contributed by atoms with Crippen LogP contribution in [0.25, 0.3) is 10.9 Å². The molecule has 2 bridgehead atoms. The number of quaternary nitrogens is 1. The number of piperidine rings is 3. The van der Waals surface area contributed by atoms with Gasteiger partial charge in [-0.3, -0.25) is 4.98 Å². The van der Waals surface area contributed by atoms with Crippen LogP contribution in [-0.2, 0) is 18.9 Å². The topological polar surface area (TPSA) is 42.4 Å². The van der Waals surface area contributed by atoms with Crippen LogP contribution >= 0.6 is 0 Å². The molecule has 0 saturated carbocycles. The Hall–Kier alpha value is -3.11. The minimum absolute atomic E-state index is 0.0457. The Morgan fingerprint density at radius 3 is 2.38 bits per heavy atom. The maximum Gasteiger partial charge on any atom is 0.416 e. The van der Waals surface area contributed by atoms with E-state index in [9.17, 15) is 31.4 Å². The second-order valence-corrected chi connectivity index (χ2v) is 10.7. The second kappa shape index (κ2) is 9.82. The van der Waals surface area contributed by atoms with Crippen molar-refractivity contribution < 1.29 is 40.7 Å². The van der Waals surface area contributed by atoms with E-state index in [1.165, 1.54) is 7.11 Å². The van der Waals surface area contributed by atoms with Crippen LogP contribution in [0, 0.1) is 11.8 Å². The van der Waals surface area contributed by atoms with Crippen molar-refractivity contribution >= 4 is 10.9 Å². The van der Waals surface area contributed by atoms with E-state index in [-0.39, 0.29) is 34.5 Å². The number of aliphatic hydroxyl groups is 1. The summed E-state index contributed by atoms with van der Waals surface area (Å²) in [6.45, 7) is 4.86. The first-order chi connectivity index (χ1) is 18.3. The van der Waals surface area contributed by atoms with E-state index < -0.39 is 35.6 Å². The fourth-order valence-electron chi connectivity index (χ4n) is 6.59. The SMILES string of the molecule is C=C[C@H]1C[N@@+]2(Cc3cc(C(F)(F)F)cc(C(F)(F)F)c3)CC[C@@H]1C[C@@H]2[C@H](O)c1ccnc2ccc(OC)cc12. The number of alkyl halides is 6. The van der Waals surface area contributed by atoms with Gasteiger partial charge in [0.05, 0.1) is 36.8 Å². The third kappa shape index (κ3) is 5.12. The van der Waals surface area contributed by atoms with Crippen LogP contribution in [0.3, 0.4) is 0 Å². The van der Waals surface area contributed by atoms with Crippen LogP contribution in [0.5, 0.6) is 5.75 Å². The van der Waals surface area contributed by atoms with Gasteiger partial charge in [-0.15, -0.1) is 6.58 Å². The molecule has 3 fully saturated rings. The van der Waals surface area contributed by atoms with Gasteiger partial charge in [-0.2, -0.15) is 26.3 Å². The number of methoxy groups -OCH3 is 1. The quantitative estimate of drug-likeness (QED) is 0.205. The van der Waals surface area contributed by atoms with Gasteiger partial charge >= 0.3 is 12.4 Å². The lowest BCUT2D eigenvalue weighted by Gasteiger charge is -2.58. The highest BCUT2D eigenvalue weighted by atomic mass is 19.4. The lowest BCUT2D eigenvalue weighted by molar-refractivity contribution is -0.984. The van der Waals surface area contributed by atoms with Crippen molar-refractivity contribution in [2.45, 2.75) is 43.9 Å². The van der Waals surface area contributed by atoms with E-state index in [2.05, 4.69) is 11.6 Å². The molecule has 10 heteroatoms. The van der Waals surface area contributed by atoms with Crippen LogP contribution in [0.4, 0.5) is 26.3 Å². The summed E-state index contributed by atoms with van der Waals surface area (Å²) in [6, 6.07) is 8.34. The molecule has 0 radical (unpaired) electrons. The molecule has 39 heavy (non-hydrogen) atoms. The third-order valence-electron chi connectivity index (χ3n) is 8.49. The second-order valence-electron chi connectivity index (χ2n) is 10.7. The van der Waals surface area contributed by atoms with Gasteiger partial charge in [0.1, 0.15) is 24.4 Å². The molecule has 0 unspecified atom stereocenters. The van der Waals surface area contributed by atoms with Gasteiger partial charge in [0, 0.05) is 35.9 Å². The predicted octanol–water partition coefficient (Wildman–Crippen LogP) is 6.93. The summed E-state index contributed by atoms with van der Waals surface area (Å²) in [5.74, 6) is 0.843. The van der Waals surface area contributed by atoms with Crippen molar-refractivity contribution in [3.8, 4) is 5.75 Å². The molecule has 0 amide bonds. The largest absolute Gasteiger partial charge is 0.497 e. The predicted molar refractivity (Wildman–Crippen MR) is 134 cm³/mol. The van der Waals surface area contributed by atoms with Crippen LogP contribution in [-0.4, -0.2) is 40.8 Å². The molecule has 5 atom stereocenters. The van der Waals surface area contributed by atoms with Gasteiger partial charge in [0.25, 0.3) is 0 Å². The fourth-order valence-corrected chi connectivity index (χ4v) is 6.59. The number of ether oxygens (including phenoxy) is 1. The molecule has 6 rings (SSSR count). The number of aromatic nitrogens is 1. The van der Waals surface area contributed by atoms with Gasteiger partial charge in [0.2, 0.25) is 0 Å². The van der Waals surface area contributed by atoms with Gasteiger partial charge in [-0.05, 0) is 53.9 Å². The summed E-state index contributed by atoms with van der Waals surface area (Å²) in [5.41, 5.74) is -1.47. The van der Waals surface area contributed by atoms with Crippen LogP contribution in [0.15, 0.2) is 61.3 Å². The van der Waals surface area contributed by atoms with Crippen molar-refractivity contribution in [3.05, 3.63) is 83.6 Å². The smallest absolute Gasteiger partial charge is 0.416 e. The van der Waals surface area contributed by atoms with Crippen LogP contribution in [0.2, 0.25) is 0 Å². The highest BCUT2D eigenvalue weighted by Gasteiger charge is 2.54. The third-order valence-corrected chi connectivity index (χ3v) is 8.49. The van der Waals surface area contributed by atoms with Crippen molar-refractivity contribution in [1.29, 1.82) is 0 Å². The van der Waals surface area contributed by atoms with E-state index in [1.54, 1.807) is 30.5 Å². The molecule has 2 aromatic carbocycles. The zero-order valence-corrected chi connectivity index (χ0v) is 21.3. The Bertz CT molecular complexity index is 1360. The molecule has 0 spiro atoms. The molecule has 3 aromatic rings. The number of fused-ring (bicyclic) bond motifs is 4. The summed E-state index contributed by atoms with van der Waals surface area (Å²) < 4.78 is 87.2. The highest BCUT2D eigenvalue weighted by molar-refractivity contribution is 5.83. The zero-order chi connectivity index (χ0) is 28.2. The Kier molecular flexibility index (Phi) is 6.91. The van der Waals surface area contributed by atoms with Crippen LogP contribution in [0.1, 0.15) is 41.2 Å². The standard InChI is InChI=1S/C29H29F6N2O2/c1-3-18-16-37(15-17-10-20(28(30,31)32)13-21(11-17)29(33,34)35)9-7-19(18)12-26(37)27(38)23-6-8-36-25-5-4-22(39-2)14-24(23)25/h3-6,8,10-11,13-14,18-19,26-27,38H,1,7,9,12,15-16H2,2H3/q+1/t18-,19+,26+,27+,37-/m0/s1. The van der Waals surface area contributed by atoms with Crippen molar-refractivity contribution in [2.75, 3.05) is 20.2 Å². The molecular formula is C29H29F6N2O2+. The molecule has 0 aliphatic carbocycles. The number of halogens is 6. The molecule has 1 N–H and O–H groups in total. The fraction of sp³-hybridized carbons (Fsp3) is 0.414. The molecule has 4 nitrogen and oxygen atoms in total. The normalized spacial score (nSPS) is 26.0. The monoisotopic (exact) mass is 551 g/mol. The highest BCUT2D eigenvalue weighted by Crippen LogP contribution is 2.48. The van der Waals surface area contributed by atoms with E-state index in [1.807, 2.05) is 6.08 Å². The molecule has 208 valence electrons. The van der Waals surface area contributed by atoms with E-state index in [0.717, 1.165) is 18.6 Å². The Labute approximate surface area is 222 Å². The van der Waals surface area contributed by atoms with E-state index in [0.29, 0.717) is 41.7 Å².